The number of amides is 10. The highest BCUT2D eigenvalue weighted by Gasteiger charge is 2.37. The molecule has 12 atom stereocenters. The van der Waals surface area contributed by atoms with Crippen LogP contribution in [0.3, 0.4) is 0 Å². The molecule has 30 heteroatoms. The van der Waals surface area contributed by atoms with Crippen LogP contribution >= 0.6 is 33.2 Å². The summed E-state index contributed by atoms with van der Waals surface area (Å²) in [5, 5.41) is 47.5. The fourth-order valence-corrected chi connectivity index (χ4v) is 10.8. The third-order valence-corrected chi connectivity index (χ3v) is 15.5. The Kier molecular flexibility index (Phi) is 31.9. The minimum Gasteiger partial charge on any atom is -0.391 e. The summed E-state index contributed by atoms with van der Waals surface area (Å²) in [7, 11) is 2.71. The second-order valence-corrected chi connectivity index (χ2v) is 23.3. The lowest BCUT2D eigenvalue weighted by molar-refractivity contribution is -0.136. The Balaban J connectivity index is 2.03. The molecule has 462 valence electrons. The van der Waals surface area contributed by atoms with E-state index in [4.69, 9.17) is 40.3 Å². The number of hydrogen-bond donors (Lipinski definition) is 17. The van der Waals surface area contributed by atoms with Crippen LogP contribution in [-0.2, 0) is 60.1 Å². The summed E-state index contributed by atoms with van der Waals surface area (Å²) in [6, 6.07) is 1.25. The van der Waals surface area contributed by atoms with Gasteiger partial charge in [0, 0.05) is 29.5 Å². The monoisotopic (exact) mass is 1220 g/mol. The van der Waals surface area contributed by atoms with Crippen molar-refractivity contribution in [3.63, 3.8) is 0 Å². The maximum atomic E-state index is 14.5. The second kappa shape index (κ2) is 37.2. The average molecular weight is 1220 g/mol. The summed E-state index contributed by atoms with van der Waals surface area (Å²) in [4.78, 5) is 140. The van der Waals surface area contributed by atoms with Crippen molar-refractivity contribution in [2.24, 2.45) is 34.6 Å². The lowest BCUT2D eigenvalue weighted by atomic mass is 10.00. The van der Waals surface area contributed by atoms with E-state index in [1.54, 1.807) is 56.3 Å². The molecular weight excluding hydrogens is 1140 g/mol. The van der Waals surface area contributed by atoms with E-state index >= 15 is 0 Å². The van der Waals surface area contributed by atoms with Crippen molar-refractivity contribution >= 4 is 92.3 Å². The van der Waals surface area contributed by atoms with Crippen molar-refractivity contribution in [2.45, 2.75) is 151 Å². The number of rotatable bonds is 25. The zero-order valence-corrected chi connectivity index (χ0v) is 49.5. The molecule has 1 saturated heterocycles. The summed E-state index contributed by atoms with van der Waals surface area (Å²) in [6.45, 7) is 4.92. The van der Waals surface area contributed by atoms with E-state index < -0.39 is 145 Å². The molecule has 0 saturated carbocycles. The zero-order chi connectivity index (χ0) is 61.8. The normalized spacial score (nSPS) is 22.8. The minimum atomic E-state index is -1.68. The predicted molar refractivity (Wildman–Crippen MR) is 316 cm³/mol. The fourth-order valence-electron chi connectivity index (χ4n) is 8.38. The first kappa shape index (κ1) is 71.1. The quantitative estimate of drug-likeness (QED) is 0.0332. The molecule has 0 aromatic heterocycles. The van der Waals surface area contributed by atoms with Crippen molar-refractivity contribution in [2.75, 3.05) is 38.5 Å². The van der Waals surface area contributed by atoms with Crippen LogP contribution in [0.15, 0.2) is 54.6 Å². The summed E-state index contributed by atoms with van der Waals surface area (Å²) in [6.07, 6.45) is -4.35. The summed E-state index contributed by atoms with van der Waals surface area (Å²) < 4.78 is 0. The first-order valence-electron chi connectivity index (χ1n) is 27.4. The van der Waals surface area contributed by atoms with Gasteiger partial charge < -0.3 is 92.0 Å². The van der Waals surface area contributed by atoms with Crippen molar-refractivity contribution < 1.29 is 58.2 Å². The standard InChI is InChI=1S/C53H84ClN15O12S2/c1-28(2)23-40-50(78)63-35(13-18-55)45(73)62-38(16-21-58)49(77)69-42(29(3)70)52(80)60-22-17-39(48(76)61-36(14-19-56)47(75)67-41(51(79)66-40)25-31-9-6-5-7-10-31)64-46(74)37(15-20-57)65-53(81)43(30(4)71)68-44(72)34(59)27-83-82-26-32-11-8-12-33(54)24-32/h5-12,24,28-30,34-43,70-71H,13-23,25-27,55-59H2,1-4H3,(H,60,80)(H,61,76)(H,62,73)(H,63,78)(H,64,74)(H,65,81)(H,66,79)(H,67,75)(H,68,72)(H,69,77)/t29-,30-,34-,35+,36+,37+,38+,39+,40+,41-,42+,43+/m1/s1. The third-order valence-electron chi connectivity index (χ3n) is 12.9. The van der Waals surface area contributed by atoms with E-state index in [1.165, 1.54) is 35.4 Å². The van der Waals surface area contributed by atoms with Gasteiger partial charge in [0.25, 0.3) is 0 Å². The first-order chi connectivity index (χ1) is 39.4. The number of nitrogens with one attached hydrogen (secondary N) is 10. The lowest BCUT2D eigenvalue weighted by Crippen LogP contribution is -2.62. The largest absolute Gasteiger partial charge is 0.391 e. The highest BCUT2D eigenvalue weighted by atomic mass is 35.5. The Morgan fingerprint density at radius 1 is 0.627 bits per heavy atom. The molecular formula is C53H84ClN15O12S2. The Hall–Kier alpha value is -6.15. The molecule has 1 fully saturated rings. The number of nitrogens with two attached hydrogens (primary N) is 5. The SMILES string of the molecule is CC(C)C[C@@H]1NC(=O)[C@@H](Cc2ccccc2)NC(=O)[C@H](CCN)NC(=O)[C@@H](NC(=O)[C@H](CCN)NC(=O)[C@@H](NC(=O)[C@H](N)CSSCc2cccc(Cl)c2)[C@@H](C)O)CCNC(=O)[C@H]([C@@H](C)O)NC(=O)[C@H](CCN)NC(=O)[C@H](CCN)NC1=O. The molecule has 1 aliphatic heterocycles. The van der Waals surface area contributed by atoms with Gasteiger partial charge in [0.2, 0.25) is 59.1 Å². The third kappa shape index (κ3) is 24.9. The molecule has 10 amide bonds. The Bertz CT molecular complexity index is 2470. The van der Waals surface area contributed by atoms with Crippen LogP contribution in [0.4, 0.5) is 0 Å². The number of aliphatic hydroxyl groups is 2. The van der Waals surface area contributed by atoms with Crippen molar-refractivity contribution in [3.8, 4) is 0 Å². The Labute approximate surface area is 496 Å². The van der Waals surface area contributed by atoms with Crippen LogP contribution in [0.25, 0.3) is 0 Å². The second-order valence-electron chi connectivity index (χ2n) is 20.4. The first-order valence-corrected chi connectivity index (χ1v) is 30.3. The maximum Gasteiger partial charge on any atom is 0.245 e. The van der Waals surface area contributed by atoms with Crippen molar-refractivity contribution in [3.05, 3.63) is 70.7 Å². The maximum absolute atomic E-state index is 14.5. The molecule has 1 aliphatic rings. The number of carbonyl (C=O) groups is 10. The number of halogens is 1. The van der Waals surface area contributed by atoms with Gasteiger partial charge in [-0.3, -0.25) is 47.9 Å². The van der Waals surface area contributed by atoms with Gasteiger partial charge in [-0.1, -0.05) is 89.5 Å². The average Bonchev–Trinajstić information content (AvgIpc) is 3.63. The van der Waals surface area contributed by atoms with Gasteiger partial charge in [-0.2, -0.15) is 0 Å². The van der Waals surface area contributed by atoms with Crippen LogP contribution < -0.4 is 81.8 Å². The van der Waals surface area contributed by atoms with E-state index in [1.807, 2.05) is 12.1 Å². The van der Waals surface area contributed by atoms with Gasteiger partial charge in [-0.15, -0.1) is 0 Å². The van der Waals surface area contributed by atoms with Crippen molar-refractivity contribution in [1.82, 2.24) is 53.2 Å². The number of aliphatic hydroxyl groups excluding tert-OH is 2. The van der Waals surface area contributed by atoms with Crippen LogP contribution in [0.5, 0.6) is 0 Å². The molecule has 0 radical (unpaired) electrons. The van der Waals surface area contributed by atoms with Crippen molar-refractivity contribution in [1.29, 1.82) is 0 Å². The summed E-state index contributed by atoms with van der Waals surface area (Å²) in [5.41, 5.74) is 31.2. The molecule has 83 heavy (non-hydrogen) atoms. The molecule has 0 bridgehead atoms. The lowest BCUT2D eigenvalue weighted by Gasteiger charge is -2.28. The molecule has 0 spiro atoms. The van der Waals surface area contributed by atoms with E-state index in [9.17, 15) is 58.2 Å². The molecule has 27 nitrogen and oxygen atoms in total. The molecule has 2 aromatic carbocycles. The Morgan fingerprint density at radius 3 is 1.70 bits per heavy atom. The number of carbonyl (C=O) groups excluding carboxylic acids is 10. The molecule has 1 heterocycles. The number of hydrogen-bond acceptors (Lipinski definition) is 19. The Morgan fingerprint density at radius 2 is 1.16 bits per heavy atom. The predicted octanol–water partition coefficient (Wildman–Crippen LogP) is -4.12. The van der Waals surface area contributed by atoms with Gasteiger partial charge >= 0.3 is 0 Å². The van der Waals surface area contributed by atoms with E-state index in [2.05, 4.69) is 53.2 Å². The smallest absolute Gasteiger partial charge is 0.245 e. The van der Waals surface area contributed by atoms with Crippen LogP contribution in [0.1, 0.15) is 77.3 Å². The topological polar surface area (TPSA) is 462 Å². The van der Waals surface area contributed by atoms with Crippen LogP contribution in [0, 0.1) is 5.92 Å². The van der Waals surface area contributed by atoms with E-state index in [-0.39, 0.29) is 76.4 Å². The van der Waals surface area contributed by atoms with Gasteiger partial charge in [-0.25, -0.2) is 0 Å². The highest BCUT2D eigenvalue weighted by Crippen LogP contribution is 2.27. The molecule has 22 N–H and O–H groups in total. The zero-order valence-electron chi connectivity index (χ0n) is 47.2. The van der Waals surface area contributed by atoms with Crippen LogP contribution in [-0.4, -0.2) is 180 Å². The van der Waals surface area contributed by atoms with Crippen LogP contribution in [0.2, 0.25) is 5.02 Å². The number of benzene rings is 2. The van der Waals surface area contributed by atoms with Gasteiger partial charge in [0.15, 0.2) is 0 Å². The molecule has 2 aromatic rings. The summed E-state index contributed by atoms with van der Waals surface area (Å²) in [5.74, 6) is -8.68. The van der Waals surface area contributed by atoms with E-state index in [0.29, 0.717) is 16.3 Å². The van der Waals surface area contributed by atoms with Gasteiger partial charge in [-0.05, 0) is 108 Å². The van der Waals surface area contributed by atoms with Gasteiger partial charge in [0.1, 0.15) is 54.4 Å². The molecule has 0 aliphatic carbocycles. The molecule has 0 unspecified atom stereocenters. The minimum absolute atomic E-state index is 0.0503. The highest BCUT2D eigenvalue weighted by molar-refractivity contribution is 8.76. The van der Waals surface area contributed by atoms with Gasteiger partial charge in [0.05, 0.1) is 18.2 Å². The molecule has 3 rings (SSSR count). The van der Waals surface area contributed by atoms with E-state index in [0.717, 1.165) is 5.56 Å². The fraction of sp³-hybridized carbons (Fsp3) is 0.585. The summed E-state index contributed by atoms with van der Waals surface area (Å²) >= 11 is 6.08.